The Morgan fingerprint density at radius 1 is 1.45 bits per heavy atom. The van der Waals surface area contributed by atoms with Crippen molar-refractivity contribution in [2.45, 2.75) is 44.6 Å². The molecule has 112 valence electrons. The molecule has 2 aliphatic rings. The highest BCUT2D eigenvalue weighted by Crippen LogP contribution is 2.36. The zero-order valence-electron chi connectivity index (χ0n) is 12.1. The van der Waals surface area contributed by atoms with Gasteiger partial charge in [0.05, 0.1) is 5.92 Å². The molecule has 0 aromatic carbocycles. The van der Waals surface area contributed by atoms with Crippen LogP contribution in [0, 0.1) is 5.92 Å². The minimum absolute atomic E-state index is 0.0426. The van der Waals surface area contributed by atoms with Crippen LogP contribution in [-0.4, -0.2) is 58.4 Å². The Kier molecular flexibility index (Phi) is 4.01. The second-order valence-corrected chi connectivity index (χ2v) is 5.86. The average Bonchev–Trinajstić information content (AvgIpc) is 2.95. The van der Waals surface area contributed by atoms with Crippen molar-refractivity contribution >= 4 is 17.8 Å². The number of nitrogens with zero attached hydrogens (tertiary/aromatic N) is 2. The van der Waals surface area contributed by atoms with Gasteiger partial charge in [-0.15, -0.1) is 0 Å². The summed E-state index contributed by atoms with van der Waals surface area (Å²) >= 11 is 0. The van der Waals surface area contributed by atoms with E-state index in [1.54, 1.807) is 11.9 Å². The molecular formula is C14H22N2O4. The van der Waals surface area contributed by atoms with E-state index in [2.05, 4.69) is 0 Å². The summed E-state index contributed by atoms with van der Waals surface area (Å²) in [5.74, 6) is -1.51. The van der Waals surface area contributed by atoms with E-state index in [-0.39, 0.29) is 24.2 Å². The third kappa shape index (κ3) is 2.27. The first-order chi connectivity index (χ1) is 9.42. The van der Waals surface area contributed by atoms with Gasteiger partial charge >= 0.3 is 5.97 Å². The van der Waals surface area contributed by atoms with Crippen LogP contribution in [0.2, 0.25) is 0 Å². The monoisotopic (exact) mass is 282 g/mol. The summed E-state index contributed by atoms with van der Waals surface area (Å²) in [7, 11) is 1.68. The topological polar surface area (TPSA) is 77.9 Å². The maximum absolute atomic E-state index is 12.6. The fraction of sp³-hybridized carbons (Fsp3) is 0.786. The number of amides is 2. The highest BCUT2D eigenvalue weighted by molar-refractivity contribution is 5.93. The number of likely N-dealkylation sites (tertiary alicyclic amines) is 2. The summed E-state index contributed by atoms with van der Waals surface area (Å²) in [5.41, 5.74) is -1.06. The lowest BCUT2D eigenvalue weighted by atomic mass is 9.89. The molecule has 0 spiro atoms. The average molecular weight is 282 g/mol. The van der Waals surface area contributed by atoms with Gasteiger partial charge in [0.15, 0.2) is 0 Å². The molecule has 2 atom stereocenters. The molecule has 2 fully saturated rings. The van der Waals surface area contributed by atoms with Gasteiger partial charge in [0.1, 0.15) is 5.54 Å². The summed E-state index contributed by atoms with van der Waals surface area (Å²) in [4.78, 5) is 38.9. The predicted octanol–water partition coefficient (Wildman–Crippen LogP) is 0.711. The number of carbonyl (C=O) groups is 3. The largest absolute Gasteiger partial charge is 0.479 e. The molecule has 0 bridgehead atoms. The summed E-state index contributed by atoms with van der Waals surface area (Å²) in [5, 5.41) is 9.59. The number of rotatable bonds is 4. The molecule has 0 aromatic heterocycles. The molecule has 6 heteroatoms. The normalized spacial score (nSPS) is 30.1. The molecule has 0 radical (unpaired) electrons. The summed E-state index contributed by atoms with van der Waals surface area (Å²) < 4.78 is 0. The Labute approximate surface area is 118 Å². The van der Waals surface area contributed by atoms with E-state index >= 15 is 0 Å². The second kappa shape index (κ2) is 5.42. The first-order valence-corrected chi connectivity index (χ1v) is 7.21. The quantitative estimate of drug-likeness (QED) is 0.823. The highest BCUT2D eigenvalue weighted by Gasteiger charge is 2.51. The van der Waals surface area contributed by atoms with Crippen molar-refractivity contribution in [2.75, 3.05) is 20.1 Å². The van der Waals surface area contributed by atoms with E-state index < -0.39 is 11.5 Å². The fourth-order valence-corrected chi connectivity index (χ4v) is 3.45. The minimum Gasteiger partial charge on any atom is -0.479 e. The van der Waals surface area contributed by atoms with E-state index in [1.807, 2.05) is 6.92 Å². The fourth-order valence-electron chi connectivity index (χ4n) is 3.45. The number of carboxylic acid groups (broad SMARTS) is 1. The van der Waals surface area contributed by atoms with E-state index in [0.717, 1.165) is 6.42 Å². The molecule has 1 N–H and O–H groups in total. The molecular weight excluding hydrogens is 260 g/mol. The Morgan fingerprint density at radius 3 is 2.65 bits per heavy atom. The number of aliphatic carboxylic acids is 1. The first kappa shape index (κ1) is 14.8. The van der Waals surface area contributed by atoms with Gasteiger partial charge in [-0.1, -0.05) is 13.3 Å². The smallest absolute Gasteiger partial charge is 0.329 e. The van der Waals surface area contributed by atoms with Gasteiger partial charge in [-0.3, -0.25) is 9.59 Å². The van der Waals surface area contributed by atoms with Crippen LogP contribution in [0.4, 0.5) is 0 Å². The van der Waals surface area contributed by atoms with Gasteiger partial charge in [0, 0.05) is 26.6 Å². The highest BCUT2D eigenvalue weighted by atomic mass is 16.4. The van der Waals surface area contributed by atoms with Gasteiger partial charge in [-0.25, -0.2) is 4.79 Å². The van der Waals surface area contributed by atoms with Crippen molar-refractivity contribution in [3.63, 3.8) is 0 Å². The van der Waals surface area contributed by atoms with Crippen LogP contribution in [0.5, 0.6) is 0 Å². The van der Waals surface area contributed by atoms with E-state index in [4.69, 9.17) is 0 Å². The molecule has 20 heavy (non-hydrogen) atoms. The zero-order chi connectivity index (χ0) is 14.9. The van der Waals surface area contributed by atoms with Crippen molar-refractivity contribution in [3.8, 4) is 0 Å². The van der Waals surface area contributed by atoms with Crippen molar-refractivity contribution in [1.29, 1.82) is 0 Å². The lowest BCUT2D eigenvalue weighted by Gasteiger charge is -2.36. The van der Waals surface area contributed by atoms with Crippen LogP contribution in [0.25, 0.3) is 0 Å². The molecule has 2 rings (SSSR count). The number of hydrogen-bond acceptors (Lipinski definition) is 3. The van der Waals surface area contributed by atoms with E-state index in [9.17, 15) is 19.5 Å². The summed E-state index contributed by atoms with van der Waals surface area (Å²) in [6.45, 7) is 2.81. The Hall–Kier alpha value is -1.59. The van der Waals surface area contributed by atoms with E-state index in [0.29, 0.717) is 32.4 Å². The lowest BCUT2D eigenvalue weighted by Crippen LogP contribution is -2.54. The molecule has 2 saturated heterocycles. The van der Waals surface area contributed by atoms with Gasteiger partial charge < -0.3 is 14.9 Å². The molecule has 0 saturated carbocycles. The van der Waals surface area contributed by atoms with Crippen LogP contribution in [-0.2, 0) is 14.4 Å². The predicted molar refractivity (Wildman–Crippen MR) is 72.0 cm³/mol. The minimum atomic E-state index is -1.06. The van der Waals surface area contributed by atoms with Crippen LogP contribution >= 0.6 is 0 Å². The SMILES string of the molecule is CCCC1(C(=O)O)CCCN1C(=O)C1CC(=O)N(C)C1. The molecule has 2 unspecified atom stereocenters. The third-order valence-corrected chi connectivity index (χ3v) is 4.51. The van der Waals surface area contributed by atoms with Crippen LogP contribution in [0.3, 0.4) is 0 Å². The number of carboxylic acids is 1. The Morgan fingerprint density at radius 2 is 2.15 bits per heavy atom. The summed E-state index contributed by atoms with van der Waals surface area (Å²) in [6, 6.07) is 0. The Bertz CT molecular complexity index is 437. The molecule has 2 amide bonds. The van der Waals surface area contributed by atoms with Gasteiger partial charge in [0.25, 0.3) is 0 Å². The lowest BCUT2D eigenvalue weighted by molar-refractivity contribution is -0.158. The maximum atomic E-state index is 12.6. The van der Waals surface area contributed by atoms with Crippen LogP contribution in [0.1, 0.15) is 39.0 Å². The summed E-state index contributed by atoms with van der Waals surface area (Å²) in [6.07, 6.45) is 2.63. The zero-order valence-corrected chi connectivity index (χ0v) is 12.1. The molecule has 6 nitrogen and oxygen atoms in total. The van der Waals surface area contributed by atoms with Crippen molar-refractivity contribution in [3.05, 3.63) is 0 Å². The molecule has 2 heterocycles. The maximum Gasteiger partial charge on any atom is 0.329 e. The van der Waals surface area contributed by atoms with Crippen molar-refractivity contribution < 1.29 is 19.5 Å². The van der Waals surface area contributed by atoms with Crippen LogP contribution < -0.4 is 0 Å². The van der Waals surface area contributed by atoms with E-state index in [1.165, 1.54) is 4.90 Å². The van der Waals surface area contributed by atoms with Gasteiger partial charge in [-0.05, 0) is 19.3 Å². The second-order valence-electron chi connectivity index (χ2n) is 5.86. The molecule has 0 aliphatic carbocycles. The first-order valence-electron chi connectivity index (χ1n) is 7.21. The van der Waals surface area contributed by atoms with Crippen LogP contribution in [0.15, 0.2) is 0 Å². The van der Waals surface area contributed by atoms with Crippen molar-refractivity contribution in [2.24, 2.45) is 5.92 Å². The Balaban J connectivity index is 2.20. The van der Waals surface area contributed by atoms with Gasteiger partial charge in [-0.2, -0.15) is 0 Å². The molecule has 0 aromatic rings. The van der Waals surface area contributed by atoms with Gasteiger partial charge in [0.2, 0.25) is 11.8 Å². The number of carbonyl (C=O) groups excluding carboxylic acids is 2. The number of hydrogen-bond donors (Lipinski definition) is 1. The third-order valence-electron chi connectivity index (χ3n) is 4.51. The van der Waals surface area contributed by atoms with Crippen molar-refractivity contribution in [1.82, 2.24) is 9.80 Å². The standard InChI is InChI=1S/C14H22N2O4/c1-3-5-14(13(19)20)6-4-7-16(14)12(18)10-8-11(17)15(2)9-10/h10H,3-9H2,1-2H3,(H,19,20). The molecule has 2 aliphatic heterocycles.